The molecule has 2 rings (SSSR count). The fourth-order valence-corrected chi connectivity index (χ4v) is 1.94. The summed E-state index contributed by atoms with van der Waals surface area (Å²) in [5.74, 6) is 0.794. The SMILES string of the molecule is NCc1cnccc1OCc1cccc(Br)c1. The summed E-state index contributed by atoms with van der Waals surface area (Å²) >= 11 is 3.43. The summed E-state index contributed by atoms with van der Waals surface area (Å²) in [5, 5.41) is 0. The molecule has 88 valence electrons. The Bertz CT molecular complexity index is 502. The topological polar surface area (TPSA) is 48.1 Å². The lowest BCUT2D eigenvalue weighted by Crippen LogP contribution is -2.03. The van der Waals surface area contributed by atoms with Crippen molar-refractivity contribution in [1.82, 2.24) is 4.98 Å². The third kappa shape index (κ3) is 3.28. The van der Waals surface area contributed by atoms with Crippen LogP contribution in [-0.4, -0.2) is 4.98 Å². The number of benzene rings is 1. The largest absolute Gasteiger partial charge is 0.488 e. The maximum absolute atomic E-state index is 5.73. The maximum Gasteiger partial charge on any atom is 0.127 e. The van der Waals surface area contributed by atoms with Gasteiger partial charge in [-0.05, 0) is 23.8 Å². The number of halogens is 1. The van der Waals surface area contributed by atoms with Crippen molar-refractivity contribution in [3.63, 3.8) is 0 Å². The lowest BCUT2D eigenvalue weighted by Gasteiger charge is -2.09. The average molecular weight is 293 g/mol. The lowest BCUT2D eigenvalue weighted by atomic mass is 10.2. The van der Waals surface area contributed by atoms with Gasteiger partial charge in [0.25, 0.3) is 0 Å². The Hall–Kier alpha value is -1.39. The molecular weight excluding hydrogens is 280 g/mol. The Kier molecular flexibility index (Phi) is 4.12. The van der Waals surface area contributed by atoms with Crippen LogP contribution in [-0.2, 0) is 13.2 Å². The molecular formula is C13H13BrN2O. The van der Waals surface area contributed by atoms with E-state index in [1.165, 1.54) is 0 Å². The molecule has 1 heterocycles. The summed E-state index contributed by atoms with van der Waals surface area (Å²) in [4.78, 5) is 4.02. The molecule has 1 aromatic heterocycles. The van der Waals surface area contributed by atoms with Gasteiger partial charge >= 0.3 is 0 Å². The van der Waals surface area contributed by atoms with Crippen LogP contribution in [0.15, 0.2) is 47.2 Å². The molecule has 2 N–H and O–H groups in total. The monoisotopic (exact) mass is 292 g/mol. The Morgan fingerprint density at radius 3 is 2.94 bits per heavy atom. The Balaban J connectivity index is 2.07. The van der Waals surface area contributed by atoms with Gasteiger partial charge in [0, 0.05) is 29.0 Å². The number of hydrogen-bond acceptors (Lipinski definition) is 3. The summed E-state index contributed by atoms with van der Waals surface area (Å²) in [6, 6.07) is 9.86. The standard InChI is InChI=1S/C13H13BrN2O/c14-12-3-1-2-10(6-12)9-17-13-4-5-16-8-11(13)7-15/h1-6,8H,7,9,15H2. The van der Waals surface area contributed by atoms with Crippen LogP contribution >= 0.6 is 15.9 Å². The molecule has 1 aromatic carbocycles. The van der Waals surface area contributed by atoms with Crippen LogP contribution in [0.1, 0.15) is 11.1 Å². The van der Waals surface area contributed by atoms with Crippen LogP contribution in [0.2, 0.25) is 0 Å². The van der Waals surface area contributed by atoms with Crippen molar-refractivity contribution in [1.29, 1.82) is 0 Å². The second kappa shape index (κ2) is 5.80. The molecule has 0 aliphatic heterocycles. The molecule has 0 bridgehead atoms. The Labute approximate surface area is 109 Å². The molecule has 0 saturated carbocycles. The number of ether oxygens (including phenoxy) is 1. The molecule has 0 unspecified atom stereocenters. The van der Waals surface area contributed by atoms with Crippen molar-refractivity contribution in [2.75, 3.05) is 0 Å². The van der Waals surface area contributed by atoms with Gasteiger partial charge in [-0.15, -0.1) is 0 Å². The van der Waals surface area contributed by atoms with E-state index < -0.39 is 0 Å². The Morgan fingerprint density at radius 2 is 2.18 bits per heavy atom. The van der Waals surface area contributed by atoms with Gasteiger partial charge in [-0.1, -0.05) is 28.1 Å². The Morgan fingerprint density at radius 1 is 1.29 bits per heavy atom. The second-order valence-electron chi connectivity index (χ2n) is 3.61. The summed E-state index contributed by atoms with van der Waals surface area (Å²) in [5.41, 5.74) is 7.65. The fourth-order valence-electron chi connectivity index (χ4n) is 1.50. The van der Waals surface area contributed by atoms with E-state index in [-0.39, 0.29) is 0 Å². The fraction of sp³-hybridized carbons (Fsp3) is 0.154. The second-order valence-corrected chi connectivity index (χ2v) is 4.52. The van der Waals surface area contributed by atoms with Gasteiger partial charge in [-0.3, -0.25) is 4.98 Å². The van der Waals surface area contributed by atoms with E-state index in [1.807, 2.05) is 30.3 Å². The van der Waals surface area contributed by atoms with Gasteiger partial charge in [-0.2, -0.15) is 0 Å². The van der Waals surface area contributed by atoms with Crippen molar-refractivity contribution < 1.29 is 4.74 Å². The summed E-state index contributed by atoms with van der Waals surface area (Å²) in [7, 11) is 0. The van der Waals surface area contributed by atoms with Crippen LogP contribution in [0.5, 0.6) is 5.75 Å². The van der Waals surface area contributed by atoms with E-state index >= 15 is 0 Å². The predicted octanol–water partition coefficient (Wildman–Crippen LogP) is 2.88. The number of hydrogen-bond donors (Lipinski definition) is 1. The normalized spacial score (nSPS) is 10.2. The minimum absolute atomic E-state index is 0.432. The van der Waals surface area contributed by atoms with E-state index in [4.69, 9.17) is 10.5 Å². The van der Waals surface area contributed by atoms with E-state index in [0.717, 1.165) is 21.3 Å². The van der Waals surface area contributed by atoms with Crippen molar-refractivity contribution in [3.05, 3.63) is 58.3 Å². The zero-order chi connectivity index (χ0) is 12.1. The first kappa shape index (κ1) is 12.1. The summed E-state index contributed by atoms with van der Waals surface area (Å²) < 4.78 is 6.78. The lowest BCUT2D eigenvalue weighted by molar-refractivity contribution is 0.302. The van der Waals surface area contributed by atoms with Gasteiger partial charge in [-0.25, -0.2) is 0 Å². The zero-order valence-corrected chi connectivity index (χ0v) is 10.9. The molecule has 3 nitrogen and oxygen atoms in total. The molecule has 0 radical (unpaired) electrons. The highest BCUT2D eigenvalue weighted by Crippen LogP contribution is 2.18. The number of rotatable bonds is 4. The highest BCUT2D eigenvalue weighted by atomic mass is 79.9. The van der Waals surface area contributed by atoms with E-state index in [0.29, 0.717) is 13.2 Å². The quantitative estimate of drug-likeness (QED) is 0.943. The predicted molar refractivity (Wildman–Crippen MR) is 70.6 cm³/mol. The maximum atomic E-state index is 5.73. The summed E-state index contributed by atoms with van der Waals surface area (Å²) in [6.45, 7) is 0.956. The van der Waals surface area contributed by atoms with E-state index in [2.05, 4.69) is 20.9 Å². The van der Waals surface area contributed by atoms with Crippen molar-refractivity contribution in [3.8, 4) is 5.75 Å². The molecule has 0 aliphatic carbocycles. The first-order valence-electron chi connectivity index (χ1n) is 5.30. The minimum Gasteiger partial charge on any atom is -0.488 e. The highest BCUT2D eigenvalue weighted by Gasteiger charge is 2.02. The molecule has 0 fully saturated rings. The zero-order valence-electron chi connectivity index (χ0n) is 9.27. The van der Waals surface area contributed by atoms with E-state index in [9.17, 15) is 0 Å². The van der Waals surface area contributed by atoms with Gasteiger partial charge in [0.1, 0.15) is 12.4 Å². The first-order chi connectivity index (χ1) is 8.29. The average Bonchev–Trinajstić information content (AvgIpc) is 2.37. The molecule has 0 atom stereocenters. The number of aromatic nitrogens is 1. The number of pyridine rings is 1. The van der Waals surface area contributed by atoms with Gasteiger partial charge in [0.05, 0.1) is 0 Å². The molecule has 0 amide bonds. The molecule has 4 heteroatoms. The smallest absolute Gasteiger partial charge is 0.127 e. The molecule has 0 aliphatic rings. The first-order valence-corrected chi connectivity index (χ1v) is 6.09. The van der Waals surface area contributed by atoms with Crippen LogP contribution in [0.25, 0.3) is 0 Å². The van der Waals surface area contributed by atoms with E-state index in [1.54, 1.807) is 12.4 Å². The molecule has 0 saturated heterocycles. The van der Waals surface area contributed by atoms with Gasteiger partial charge < -0.3 is 10.5 Å². The minimum atomic E-state index is 0.432. The molecule has 0 spiro atoms. The van der Waals surface area contributed by atoms with Crippen LogP contribution < -0.4 is 10.5 Å². The van der Waals surface area contributed by atoms with Gasteiger partial charge in [0.2, 0.25) is 0 Å². The van der Waals surface area contributed by atoms with Crippen molar-refractivity contribution in [2.45, 2.75) is 13.2 Å². The highest BCUT2D eigenvalue weighted by molar-refractivity contribution is 9.10. The molecule has 17 heavy (non-hydrogen) atoms. The van der Waals surface area contributed by atoms with Crippen LogP contribution in [0.3, 0.4) is 0 Å². The van der Waals surface area contributed by atoms with Crippen LogP contribution in [0, 0.1) is 0 Å². The van der Waals surface area contributed by atoms with Crippen molar-refractivity contribution >= 4 is 15.9 Å². The number of nitrogens with zero attached hydrogens (tertiary/aromatic N) is 1. The van der Waals surface area contributed by atoms with Crippen LogP contribution in [0.4, 0.5) is 0 Å². The number of nitrogens with two attached hydrogens (primary N) is 1. The third-order valence-electron chi connectivity index (χ3n) is 2.36. The molecule has 2 aromatic rings. The summed E-state index contributed by atoms with van der Waals surface area (Å²) in [6.07, 6.45) is 3.44. The van der Waals surface area contributed by atoms with Crippen molar-refractivity contribution in [2.24, 2.45) is 5.73 Å². The third-order valence-corrected chi connectivity index (χ3v) is 2.86. The van der Waals surface area contributed by atoms with Gasteiger partial charge in [0.15, 0.2) is 0 Å².